The van der Waals surface area contributed by atoms with E-state index in [2.05, 4.69) is 27.2 Å². The summed E-state index contributed by atoms with van der Waals surface area (Å²) in [6.07, 6.45) is 2.10. The maximum absolute atomic E-state index is 13.5. The quantitative estimate of drug-likeness (QED) is 0.348. The van der Waals surface area contributed by atoms with Crippen LogP contribution >= 0.6 is 11.6 Å². The number of aromatic nitrogens is 2. The molecule has 168 valence electrons. The van der Waals surface area contributed by atoms with E-state index in [0.717, 1.165) is 13.0 Å². The largest absolute Gasteiger partial charge is 0.491 e. The lowest BCUT2D eigenvalue weighted by Crippen LogP contribution is -2.16. The molecule has 0 aliphatic rings. The normalized spacial score (nSPS) is 10.9. The van der Waals surface area contributed by atoms with Crippen molar-refractivity contribution in [2.24, 2.45) is 0 Å². The number of hydrogen-bond donors (Lipinski definition) is 2. The number of hydrogen-bond acceptors (Lipinski definition) is 6. The van der Waals surface area contributed by atoms with Crippen molar-refractivity contribution in [2.45, 2.75) is 6.42 Å². The zero-order chi connectivity index (χ0) is 23.3. The number of rotatable bonds is 9. The first kappa shape index (κ1) is 23.4. The molecule has 1 amide bonds. The monoisotopic (exact) mass is 461 g/mol. The highest BCUT2D eigenvalue weighted by atomic mass is 35.5. The summed E-state index contributed by atoms with van der Waals surface area (Å²) in [5.41, 5.74) is 1.26. The smallest absolute Gasteiger partial charge is 0.283 e. The number of fused-ring (bicyclic) bond motifs is 1. The number of amides is 1. The highest BCUT2D eigenvalue weighted by Crippen LogP contribution is 2.34. The van der Waals surface area contributed by atoms with Crippen LogP contribution in [0.5, 0.6) is 5.75 Å². The molecule has 2 aromatic carbocycles. The van der Waals surface area contributed by atoms with Gasteiger partial charge in [0.15, 0.2) is 5.83 Å². The van der Waals surface area contributed by atoms with Crippen LogP contribution in [0, 0.1) is 5.82 Å². The number of carbonyl (C=O) groups is 1. The van der Waals surface area contributed by atoms with Gasteiger partial charge in [-0.25, -0.2) is 18.7 Å². The average Bonchev–Trinajstić information content (AvgIpc) is 2.74. The SMILES string of the molecule is C=C(F)C(=O)Nc1cc2c(Nc3ccc(F)c(Cl)c3)ncnc2cc1OCCCN(C)C. The van der Waals surface area contributed by atoms with Crippen LogP contribution in [0.4, 0.5) is 26.0 Å². The van der Waals surface area contributed by atoms with Gasteiger partial charge in [-0.2, -0.15) is 0 Å². The van der Waals surface area contributed by atoms with Crippen molar-refractivity contribution >= 4 is 45.6 Å². The van der Waals surface area contributed by atoms with Gasteiger partial charge in [0, 0.05) is 23.7 Å². The molecule has 2 N–H and O–H groups in total. The summed E-state index contributed by atoms with van der Waals surface area (Å²) in [5.74, 6) is -1.95. The second kappa shape index (κ2) is 10.3. The number of ether oxygens (including phenoxy) is 1. The van der Waals surface area contributed by atoms with Crippen molar-refractivity contribution in [3.05, 3.63) is 59.9 Å². The first-order valence-electron chi connectivity index (χ1n) is 9.68. The van der Waals surface area contributed by atoms with E-state index in [1.807, 2.05) is 19.0 Å². The van der Waals surface area contributed by atoms with E-state index in [0.29, 0.717) is 34.8 Å². The molecule has 0 saturated carbocycles. The Morgan fingerprint density at radius 2 is 2.03 bits per heavy atom. The fourth-order valence-electron chi connectivity index (χ4n) is 2.86. The van der Waals surface area contributed by atoms with E-state index in [1.54, 1.807) is 12.1 Å². The Kier molecular flexibility index (Phi) is 7.55. The van der Waals surface area contributed by atoms with Gasteiger partial charge < -0.3 is 20.3 Å². The molecule has 0 spiro atoms. The minimum Gasteiger partial charge on any atom is -0.491 e. The molecule has 1 heterocycles. The molecule has 0 saturated heterocycles. The summed E-state index contributed by atoms with van der Waals surface area (Å²) in [6.45, 7) is 4.22. The number of nitrogens with one attached hydrogen (secondary N) is 2. The Morgan fingerprint density at radius 3 is 2.72 bits per heavy atom. The van der Waals surface area contributed by atoms with Crippen LogP contribution in [0.25, 0.3) is 10.9 Å². The summed E-state index contributed by atoms with van der Waals surface area (Å²) >= 11 is 5.85. The number of benzene rings is 2. The molecule has 0 unspecified atom stereocenters. The molecule has 7 nitrogen and oxygen atoms in total. The van der Waals surface area contributed by atoms with E-state index < -0.39 is 17.6 Å². The highest BCUT2D eigenvalue weighted by molar-refractivity contribution is 6.31. The van der Waals surface area contributed by atoms with Crippen molar-refractivity contribution in [1.29, 1.82) is 0 Å². The molecule has 0 aliphatic carbocycles. The van der Waals surface area contributed by atoms with Crippen LogP contribution in [-0.2, 0) is 4.79 Å². The molecule has 0 radical (unpaired) electrons. The maximum Gasteiger partial charge on any atom is 0.283 e. The topological polar surface area (TPSA) is 79.4 Å². The minimum atomic E-state index is -1.13. The van der Waals surface area contributed by atoms with Gasteiger partial charge in [0.1, 0.15) is 23.7 Å². The molecular formula is C22H22ClF2N5O2. The first-order valence-corrected chi connectivity index (χ1v) is 10.1. The Hall–Kier alpha value is -3.30. The summed E-state index contributed by atoms with van der Waals surface area (Å²) < 4.78 is 32.6. The maximum atomic E-state index is 13.5. The Balaban J connectivity index is 1.97. The van der Waals surface area contributed by atoms with Gasteiger partial charge in [-0.15, -0.1) is 0 Å². The summed E-state index contributed by atoms with van der Waals surface area (Å²) in [4.78, 5) is 22.4. The van der Waals surface area contributed by atoms with Crippen molar-refractivity contribution in [3.8, 4) is 5.75 Å². The fourth-order valence-corrected chi connectivity index (χ4v) is 3.04. The van der Waals surface area contributed by atoms with Crippen molar-refractivity contribution in [3.63, 3.8) is 0 Å². The van der Waals surface area contributed by atoms with Gasteiger partial charge in [-0.05, 0) is 44.8 Å². The zero-order valence-corrected chi connectivity index (χ0v) is 18.3. The van der Waals surface area contributed by atoms with Crippen molar-refractivity contribution in [1.82, 2.24) is 14.9 Å². The summed E-state index contributed by atoms with van der Waals surface area (Å²) in [7, 11) is 3.91. The lowest BCUT2D eigenvalue weighted by molar-refractivity contribution is -0.114. The molecule has 3 rings (SSSR count). The number of anilines is 3. The molecule has 0 bridgehead atoms. The summed E-state index contributed by atoms with van der Waals surface area (Å²) in [5, 5.41) is 5.98. The molecule has 0 fully saturated rings. The summed E-state index contributed by atoms with van der Waals surface area (Å²) in [6, 6.07) is 7.36. The molecule has 3 aromatic rings. The van der Waals surface area contributed by atoms with E-state index >= 15 is 0 Å². The van der Waals surface area contributed by atoms with E-state index in [4.69, 9.17) is 16.3 Å². The Labute approximate surface area is 189 Å². The van der Waals surface area contributed by atoms with Crippen LogP contribution in [0.1, 0.15) is 6.42 Å². The second-order valence-corrected chi connectivity index (χ2v) is 7.61. The molecule has 32 heavy (non-hydrogen) atoms. The van der Waals surface area contributed by atoms with E-state index in [1.165, 1.54) is 24.5 Å². The van der Waals surface area contributed by atoms with Crippen LogP contribution in [0.15, 0.2) is 49.1 Å². The number of nitrogens with zero attached hydrogens (tertiary/aromatic N) is 3. The van der Waals surface area contributed by atoms with Gasteiger partial charge in [-0.3, -0.25) is 4.79 Å². The fraction of sp³-hybridized carbons (Fsp3) is 0.227. The molecular weight excluding hydrogens is 440 g/mol. The van der Waals surface area contributed by atoms with Crippen molar-refractivity contribution < 1.29 is 18.3 Å². The minimum absolute atomic E-state index is 0.0452. The number of carbonyl (C=O) groups excluding carboxylic acids is 1. The third-order valence-corrected chi connectivity index (χ3v) is 4.71. The van der Waals surface area contributed by atoms with E-state index in [9.17, 15) is 13.6 Å². The van der Waals surface area contributed by atoms with Gasteiger partial charge in [0.2, 0.25) is 0 Å². The number of halogens is 3. The third kappa shape index (κ3) is 5.89. The third-order valence-electron chi connectivity index (χ3n) is 4.42. The molecule has 1 aromatic heterocycles. The van der Waals surface area contributed by atoms with Crippen molar-refractivity contribution in [2.75, 3.05) is 37.9 Å². The lowest BCUT2D eigenvalue weighted by atomic mass is 10.1. The average molecular weight is 462 g/mol. The van der Waals surface area contributed by atoms with Crippen LogP contribution < -0.4 is 15.4 Å². The highest BCUT2D eigenvalue weighted by Gasteiger charge is 2.15. The van der Waals surface area contributed by atoms with E-state index in [-0.39, 0.29) is 10.7 Å². The molecule has 0 aliphatic heterocycles. The van der Waals surface area contributed by atoms with Gasteiger partial charge >= 0.3 is 0 Å². The van der Waals surface area contributed by atoms with Gasteiger partial charge in [0.25, 0.3) is 5.91 Å². The van der Waals surface area contributed by atoms with Crippen LogP contribution in [0.3, 0.4) is 0 Å². The standard InChI is InChI=1S/C22H22ClF2N5O2/c1-13(24)22(31)29-19-10-15-18(11-20(19)32-8-4-7-30(2)3)26-12-27-21(15)28-14-5-6-17(25)16(23)9-14/h5-6,9-12H,1,4,7-8H2,2-3H3,(H,29,31)(H,26,27,28). The molecule has 10 heteroatoms. The Morgan fingerprint density at radius 1 is 1.25 bits per heavy atom. The molecule has 0 atom stereocenters. The van der Waals surface area contributed by atoms with Gasteiger partial charge in [-0.1, -0.05) is 18.2 Å². The predicted molar refractivity (Wildman–Crippen MR) is 122 cm³/mol. The Bertz CT molecular complexity index is 1160. The zero-order valence-electron chi connectivity index (χ0n) is 17.6. The predicted octanol–water partition coefficient (Wildman–Crippen LogP) is 4.92. The van der Waals surface area contributed by atoms with Gasteiger partial charge in [0.05, 0.1) is 22.8 Å². The van der Waals surface area contributed by atoms with Crippen LogP contribution in [-0.4, -0.2) is 48.0 Å². The second-order valence-electron chi connectivity index (χ2n) is 7.21. The van der Waals surface area contributed by atoms with Crippen LogP contribution in [0.2, 0.25) is 5.02 Å². The first-order chi connectivity index (χ1) is 15.2. The lowest BCUT2D eigenvalue weighted by Gasteiger charge is -2.16.